The van der Waals surface area contributed by atoms with Gasteiger partial charge in [0.25, 0.3) is 0 Å². The number of rotatable bonds is 5. The van der Waals surface area contributed by atoms with Gasteiger partial charge in [-0.25, -0.2) is 0 Å². The van der Waals surface area contributed by atoms with Crippen molar-refractivity contribution < 1.29 is 14.3 Å². The van der Waals surface area contributed by atoms with Gasteiger partial charge in [-0.05, 0) is 37.0 Å². The van der Waals surface area contributed by atoms with E-state index in [9.17, 15) is 9.59 Å². The third-order valence-corrected chi connectivity index (χ3v) is 5.45. The van der Waals surface area contributed by atoms with Crippen LogP contribution in [-0.2, 0) is 34.3 Å². The molecule has 2 aromatic rings. The third kappa shape index (κ3) is 4.06. The Morgan fingerprint density at radius 1 is 1.29 bits per heavy atom. The molecule has 0 radical (unpaired) electrons. The predicted octanol–water partition coefficient (Wildman–Crippen LogP) is 0.823. The summed E-state index contributed by atoms with van der Waals surface area (Å²) in [7, 11) is 1.84. The minimum absolute atomic E-state index is 0.0542. The van der Waals surface area contributed by atoms with Gasteiger partial charge in [-0.2, -0.15) is 5.10 Å². The van der Waals surface area contributed by atoms with Crippen LogP contribution in [-0.4, -0.2) is 56.3 Å². The molecule has 28 heavy (non-hydrogen) atoms. The maximum absolute atomic E-state index is 12.7. The maximum atomic E-state index is 12.7. The highest BCUT2D eigenvalue weighted by Gasteiger charge is 2.43. The summed E-state index contributed by atoms with van der Waals surface area (Å²) in [4.78, 5) is 31.1. The van der Waals surface area contributed by atoms with E-state index in [1.165, 1.54) is 0 Å². The molecule has 0 aliphatic carbocycles. The number of hydrogen-bond acceptors (Lipinski definition) is 5. The zero-order valence-electron chi connectivity index (χ0n) is 16.0. The Hall–Kier alpha value is -2.74. The molecule has 2 aliphatic rings. The Labute approximate surface area is 163 Å². The van der Waals surface area contributed by atoms with E-state index < -0.39 is 6.10 Å². The summed E-state index contributed by atoms with van der Waals surface area (Å²) in [6, 6.07) is 5.69. The fourth-order valence-electron chi connectivity index (χ4n) is 4.05. The summed E-state index contributed by atoms with van der Waals surface area (Å²) >= 11 is 0. The lowest BCUT2D eigenvalue weighted by molar-refractivity contribution is -0.147. The molecule has 2 saturated heterocycles. The van der Waals surface area contributed by atoms with E-state index in [1.54, 1.807) is 17.1 Å². The number of carbonyl (C=O) groups excluding carboxylic acids is 2. The normalized spacial score (nSPS) is 24.0. The number of nitrogens with one attached hydrogen (secondary N) is 1. The number of aromatic nitrogens is 3. The first-order valence-corrected chi connectivity index (χ1v) is 9.70. The molecule has 2 amide bonds. The van der Waals surface area contributed by atoms with Crippen molar-refractivity contribution in [2.45, 2.75) is 50.5 Å². The molecular weight excluding hydrogens is 358 g/mol. The van der Waals surface area contributed by atoms with Crippen molar-refractivity contribution in [2.24, 2.45) is 7.05 Å². The standard InChI is InChI=1S/C20H25N5O3/c1-24-9-6-15(23-24)11-19(26)25-10-7-17-16(25)4-5-18(28-17)20(27)22-13-14-3-2-8-21-12-14/h2-3,6,8-9,12,16-18H,4-5,7,10-11,13H2,1H3,(H,22,27)/t16-,17-,18-/m1/s1. The predicted molar refractivity (Wildman–Crippen MR) is 101 cm³/mol. The summed E-state index contributed by atoms with van der Waals surface area (Å²) in [6.07, 6.45) is 7.23. The van der Waals surface area contributed by atoms with E-state index >= 15 is 0 Å². The van der Waals surface area contributed by atoms with Crippen molar-refractivity contribution in [1.29, 1.82) is 0 Å². The third-order valence-electron chi connectivity index (χ3n) is 5.45. The summed E-state index contributed by atoms with van der Waals surface area (Å²) in [5, 5.41) is 7.21. The molecule has 4 heterocycles. The smallest absolute Gasteiger partial charge is 0.249 e. The van der Waals surface area contributed by atoms with Crippen LogP contribution in [0.4, 0.5) is 0 Å². The molecule has 0 spiro atoms. The number of pyridine rings is 1. The van der Waals surface area contributed by atoms with Crippen LogP contribution in [0.3, 0.4) is 0 Å². The number of likely N-dealkylation sites (tertiary alicyclic amines) is 1. The largest absolute Gasteiger partial charge is 0.363 e. The summed E-state index contributed by atoms with van der Waals surface area (Å²) in [5.41, 5.74) is 1.73. The van der Waals surface area contributed by atoms with Gasteiger partial charge in [0.15, 0.2) is 0 Å². The van der Waals surface area contributed by atoms with Gasteiger partial charge in [0.2, 0.25) is 11.8 Å². The van der Waals surface area contributed by atoms with Crippen LogP contribution in [0.15, 0.2) is 36.8 Å². The molecule has 0 aromatic carbocycles. The van der Waals surface area contributed by atoms with Gasteiger partial charge < -0.3 is 15.0 Å². The molecule has 148 valence electrons. The molecule has 2 aliphatic heterocycles. The van der Waals surface area contributed by atoms with Crippen LogP contribution in [0.2, 0.25) is 0 Å². The average molecular weight is 383 g/mol. The van der Waals surface area contributed by atoms with E-state index in [0.29, 0.717) is 25.9 Å². The van der Waals surface area contributed by atoms with E-state index in [2.05, 4.69) is 15.4 Å². The second kappa shape index (κ2) is 8.10. The highest BCUT2D eigenvalue weighted by Crippen LogP contribution is 2.32. The number of nitrogens with zero attached hydrogens (tertiary/aromatic N) is 4. The Bertz CT molecular complexity index is 837. The van der Waals surface area contributed by atoms with Gasteiger partial charge >= 0.3 is 0 Å². The Balaban J connectivity index is 1.29. The lowest BCUT2D eigenvalue weighted by Gasteiger charge is -2.35. The Morgan fingerprint density at radius 2 is 2.18 bits per heavy atom. The first-order chi connectivity index (χ1) is 13.6. The second-order valence-electron chi connectivity index (χ2n) is 7.42. The minimum atomic E-state index is -0.455. The van der Waals surface area contributed by atoms with E-state index in [0.717, 1.165) is 24.1 Å². The molecule has 4 rings (SSSR count). The second-order valence-corrected chi connectivity index (χ2v) is 7.42. The quantitative estimate of drug-likeness (QED) is 0.826. The molecule has 8 heteroatoms. The van der Waals surface area contributed by atoms with Crippen molar-refractivity contribution in [3.8, 4) is 0 Å². The van der Waals surface area contributed by atoms with Gasteiger partial charge in [-0.3, -0.25) is 19.3 Å². The van der Waals surface area contributed by atoms with Crippen molar-refractivity contribution in [1.82, 2.24) is 25.0 Å². The van der Waals surface area contributed by atoms with Gasteiger partial charge in [0.1, 0.15) is 6.10 Å². The van der Waals surface area contributed by atoms with Gasteiger partial charge in [-0.15, -0.1) is 0 Å². The van der Waals surface area contributed by atoms with Crippen LogP contribution in [0.1, 0.15) is 30.5 Å². The molecule has 1 N–H and O–H groups in total. The monoisotopic (exact) mass is 383 g/mol. The Kier molecular flexibility index (Phi) is 5.38. The first kappa shape index (κ1) is 18.6. The lowest BCUT2D eigenvalue weighted by atomic mass is 9.98. The van der Waals surface area contributed by atoms with Gasteiger partial charge in [0.05, 0.1) is 24.3 Å². The van der Waals surface area contributed by atoms with Gasteiger partial charge in [-0.1, -0.05) is 6.07 Å². The number of hydrogen-bond donors (Lipinski definition) is 1. The molecule has 0 unspecified atom stereocenters. The van der Waals surface area contributed by atoms with Crippen LogP contribution in [0.5, 0.6) is 0 Å². The minimum Gasteiger partial charge on any atom is -0.363 e. The van der Waals surface area contributed by atoms with Crippen LogP contribution in [0, 0.1) is 0 Å². The molecule has 8 nitrogen and oxygen atoms in total. The van der Waals surface area contributed by atoms with Crippen LogP contribution < -0.4 is 5.32 Å². The summed E-state index contributed by atoms with van der Waals surface area (Å²) in [5.74, 6) is -0.0187. The molecule has 2 fully saturated rings. The molecule has 3 atom stereocenters. The molecule has 0 saturated carbocycles. The van der Waals surface area contributed by atoms with Crippen molar-refractivity contribution in [3.63, 3.8) is 0 Å². The summed E-state index contributed by atoms with van der Waals surface area (Å²) < 4.78 is 7.76. The SMILES string of the molecule is Cn1ccc(CC(=O)N2CC[C@H]3O[C@@H](C(=O)NCc4cccnc4)CC[C@H]32)n1. The molecule has 2 aromatic heterocycles. The maximum Gasteiger partial charge on any atom is 0.249 e. The highest BCUT2D eigenvalue weighted by atomic mass is 16.5. The van der Waals surface area contributed by atoms with E-state index in [4.69, 9.17) is 4.74 Å². The van der Waals surface area contributed by atoms with Crippen LogP contribution in [0.25, 0.3) is 0 Å². The topological polar surface area (TPSA) is 89.4 Å². The van der Waals surface area contributed by atoms with Crippen molar-refractivity contribution >= 4 is 11.8 Å². The average Bonchev–Trinajstić information content (AvgIpc) is 3.32. The van der Waals surface area contributed by atoms with Crippen molar-refractivity contribution in [2.75, 3.05) is 6.54 Å². The zero-order valence-corrected chi connectivity index (χ0v) is 16.0. The fourth-order valence-corrected chi connectivity index (χ4v) is 4.05. The zero-order chi connectivity index (χ0) is 19.5. The number of amides is 2. The van der Waals surface area contributed by atoms with Gasteiger partial charge in [0, 0.05) is 38.7 Å². The molecule has 0 bridgehead atoms. The van der Waals surface area contributed by atoms with E-state index in [1.807, 2.05) is 36.3 Å². The number of ether oxygens (including phenoxy) is 1. The fraction of sp³-hybridized carbons (Fsp3) is 0.500. The lowest BCUT2D eigenvalue weighted by Crippen LogP contribution is -2.49. The number of fused-ring (bicyclic) bond motifs is 1. The first-order valence-electron chi connectivity index (χ1n) is 9.70. The van der Waals surface area contributed by atoms with E-state index in [-0.39, 0.29) is 24.0 Å². The number of carbonyl (C=O) groups is 2. The van der Waals surface area contributed by atoms with Crippen molar-refractivity contribution in [3.05, 3.63) is 48.0 Å². The Morgan fingerprint density at radius 3 is 2.93 bits per heavy atom. The highest BCUT2D eigenvalue weighted by molar-refractivity contribution is 5.81. The van der Waals surface area contributed by atoms with Crippen LogP contribution >= 0.6 is 0 Å². The molecular formula is C20H25N5O3. The summed E-state index contributed by atoms with van der Waals surface area (Å²) in [6.45, 7) is 1.11. The number of aryl methyl sites for hydroxylation is 1.